The second-order valence-electron chi connectivity index (χ2n) is 8.27. The van der Waals surface area contributed by atoms with Crippen LogP contribution < -0.4 is 16.4 Å². The molecule has 170 valence electrons. The van der Waals surface area contributed by atoms with E-state index in [1.165, 1.54) is 4.90 Å². The maximum absolute atomic E-state index is 12.9. The summed E-state index contributed by atoms with van der Waals surface area (Å²) in [5.74, 6) is -2.35. The third kappa shape index (κ3) is 6.86. The first kappa shape index (κ1) is 23.9. The number of carboxylic acids is 1. The Kier molecular flexibility index (Phi) is 9.35. The topological polar surface area (TPSA) is 169 Å². The number of nitrogens with zero attached hydrogens (tertiary/aromatic N) is 1. The largest absolute Gasteiger partial charge is 0.480 e. The van der Waals surface area contributed by atoms with Crippen molar-refractivity contribution >= 4 is 23.7 Å². The fourth-order valence-electron chi connectivity index (χ4n) is 4.36. The van der Waals surface area contributed by atoms with Gasteiger partial charge in [-0.2, -0.15) is 0 Å². The van der Waals surface area contributed by atoms with Gasteiger partial charge in [0.05, 0.1) is 0 Å². The summed E-state index contributed by atoms with van der Waals surface area (Å²) in [4.78, 5) is 38.6. The molecule has 1 unspecified atom stereocenters. The quantitative estimate of drug-likeness (QED) is 0.132. The molecule has 7 N–H and O–H groups in total. The number of guanidine groups is 1. The van der Waals surface area contributed by atoms with Gasteiger partial charge in [-0.25, -0.2) is 4.79 Å². The fraction of sp³-hybridized carbons (Fsp3) is 0.800. The number of carbonyl (C=O) groups is 3. The van der Waals surface area contributed by atoms with Crippen LogP contribution in [0.1, 0.15) is 64.2 Å². The van der Waals surface area contributed by atoms with Crippen LogP contribution in [0.2, 0.25) is 0 Å². The molecule has 1 heterocycles. The van der Waals surface area contributed by atoms with E-state index < -0.39 is 36.0 Å². The number of likely N-dealkylation sites (tertiary alicyclic amines) is 1. The molecule has 1 saturated carbocycles. The average molecular weight is 426 g/mol. The van der Waals surface area contributed by atoms with Gasteiger partial charge in [0.15, 0.2) is 5.96 Å². The summed E-state index contributed by atoms with van der Waals surface area (Å²) in [5, 5.41) is 32.3. The van der Waals surface area contributed by atoms with E-state index >= 15 is 0 Å². The summed E-state index contributed by atoms with van der Waals surface area (Å²) in [6, 6.07) is -1.84. The van der Waals surface area contributed by atoms with Crippen molar-refractivity contribution in [1.29, 1.82) is 5.41 Å². The van der Waals surface area contributed by atoms with Gasteiger partial charge in [0.25, 0.3) is 5.91 Å². The summed E-state index contributed by atoms with van der Waals surface area (Å²) < 4.78 is 0. The molecule has 1 saturated heterocycles. The number of rotatable bonds is 9. The highest BCUT2D eigenvalue weighted by atomic mass is 16.4. The second-order valence-corrected chi connectivity index (χ2v) is 8.27. The average Bonchev–Trinajstić information content (AvgIpc) is 3.04. The predicted octanol–water partition coefficient (Wildman–Crippen LogP) is 0.141. The van der Waals surface area contributed by atoms with Gasteiger partial charge in [0.2, 0.25) is 5.91 Å². The Hall–Kier alpha value is -2.36. The van der Waals surface area contributed by atoms with Crippen molar-refractivity contribution in [3.8, 4) is 0 Å². The van der Waals surface area contributed by atoms with Gasteiger partial charge in [-0.3, -0.25) is 15.0 Å². The van der Waals surface area contributed by atoms with Crippen LogP contribution in [0.4, 0.5) is 0 Å². The van der Waals surface area contributed by atoms with Gasteiger partial charge >= 0.3 is 5.97 Å². The molecule has 10 heteroatoms. The molecule has 1 aliphatic carbocycles. The van der Waals surface area contributed by atoms with Crippen molar-refractivity contribution in [1.82, 2.24) is 15.5 Å². The minimum Gasteiger partial charge on any atom is -0.480 e. The molecule has 0 aromatic heterocycles. The van der Waals surface area contributed by atoms with Gasteiger partial charge in [0, 0.05) is 13.1 Å². The highest BCUT2D eigenvalue weighted by molar-refractivity contribution is 5.92. The number of nitrogens with one attached hydrogen (secondary N) is 3. The first-order chi connectivity index (χ1) is 14.3. The number of aliphatic hydroxyl groups is 1. The zero-order valence-corrected chi connectivity index (χ0v) is 17.4. The van der Waals surface area contributed by atoms with Gasteiger partial charge < -0.3 is 31.5 Å². The first-order valence-electron chi connectivity index (χ1n) is 10.9. The van der Waals surface area contributed by atoms with Gasteiger partial charge in [-0.05, 0) is 44.4 Å². The molecular formula is C20H35N5O5. The van der Waals surface area contributed by atoms with Crippen molar-refractivity contribution in [2.45, 2.75) is 82.4 Å². The molecule has 0 aromatic carbocycles. The van der Waals surface area contributed by atoms with E-state index in [4.69, 9.17) is 11.1 Å². The standard InChI is InChI=1S/C20H35N5O5/c21-20(22)23-11-5-9-14(19(29)30)24-17(27)15-10-6-12-25(15)18(28)16(26)13-7-3-1-2-4-8-13/h13-16,26H,1-12H2,(H,24,27)(H,29,30)(H4,21,22,23)/t14-,15-,16?/m0/s1. The normalized spacial score (nSPS) is 22.0. The summed E-state index contributed by atoms with van der Waals surface area (Å²) >= 11 is 0. The van der Waals surface area contributed by atoms with Crippen molar-refractivity contribution in [2.75, 3.05) is 13.1 Å². The van der Waals surface area contributed by atoms with Crippen LogP contribution in [0.5, 0.6) is 0 Å². The van der Waals surface area contributed by atoms with Crippen LogP contribution >= 0.6 is 0 Å². The molecule has 0 bridgehead atoms. The number of carboxylic acid groups (broad SMARTS) is 1. The number of aliphatic carboxylic acids is 1. The van der Waals surface area contributed by atoms with Crippen molar-refractivity contribution < 1.29 is 24.6 Å². The van der Waals surface area contributed by atoms with Gasteiger partial charge in [-0.15, -0.1) is 0 Å². The summed E-state index contributed by atoms with van der Waals surface area (Å²) in [6.45, 7) is 0.720. The SMILES string of the molecule is N=C(N)NCCC[C@H](NC(=O)[C@@H]1CCCN1C(=O)C(O)C1CCCCCC1)C(=O)O. The molecule has 2 fully saturated rings. The lowest BCUT2D eigenvalue weighted by atomic mass is 9.93. The molecule has 1 aliphatic heterocycles. The number of hydrogen-bond donors (Lipinski definition) is 6. The summed E-state index contributed by atoms with van der Waals surface area (Å²) in [5.41, 5.74) is 5.19. The fourth-order valence-corrected chi connectivity index (χ4v) is 4.36. The monoisotopic (exact) mass is 425 g/mol. The molecule has 30 heavy (non-hydrogen) atoms. The van der Waals surface area contributed by atoms with E-state index in [2.05, 4.69) is 10.6 Å². The number of amides is 2. The predicted molar refractivity (Wildman–Crippen MR) is 111 cm³/mol. The highest BCUT2D eigenvalue weighted by Crippen LogP contribution is 2.28. The van der Waals surface area contributed by atoms with Crippen molar-refractivity contribution in [2.24, 2.45) is 11.7 Å². The Morgan fingerprint density at radius 1 is 1.10 bits per heavy atom. The zero-order chi connectivity index (χ0) is 22.1. The van der Waals surface area contributed by atoms with Gasteiger partial charge in [0.1, 0.15) is 18.2 Å². The van der Waals surface area contributed by atoms with Crippen LogP contribution in [0, 0.1) is 11.3 Å². The minimum absolute atomic E-state index is 0.0788. The number of aliphatic hydroxyl groups excluding tert-OH is 1. The van der Waals surface area contributed by atoms with E-state index in [0.717, 1.165) is 38.5 Å². The van der Waals surface area contributed by atoms with Crippen LogP contribution in [-0.2, 0) is 14.4 Å². The Bertz CT molecular complexity index is 621. The van der Waals surface area contributed by atoms with E-state index in [-0.39, 0.29) is 18.3 Å². The first-order valence-corrected chi connectivity index (χ1v) is 10.9. The number of carbonyl (C=O) groups excluding carboxylic acids is 2. The van der Waals surface area contributed by atoms with E-state index in [1.807, 2.05) is 0 Å². The number of hydrogen-bond acceptors (Lipinski definition) is 5. The molecule has 2 rings (SSSR count). The number of nitrogens with two attached hydrogens (primary N) is 1. The molecule has 2 aliphatic rings. The Morgan fingerprint density at radius 3 is 2.37 bits per heavy atom. The third-order valence-electron chi connectivity index (χ3n) is 6.04. The van der Waals surface area contributed by atoms with Crippen molar-refractivity contribution in [3.63, 3.8) is 0 Å². The van der Waals surface area contributed by atoms with E-state index in [0.29, 0.717) is 32.4 Å². The molecule has 10 nitrogen and oxygen atoms in total. The minimum atomic E-state index is -1.15. The van der Waals surface area contributed by atoms with Crippen LogP contribution in [0.15, 0.2) is 0 Å². The summed E-state index contributed by atoms with van der Waals surface area (Å²) in [6.07, 6.45) is 6.42. The second kappa shape index (κ2) is 11.7. The van der Waals surface area contributed by atoms with E-state index in [1.54, 1.807) is 0 Å². The van der Waals surface area contributed by atoms with Gasteiger partial charge in [-0.1, -0.05) is 25.7 Å². The summed E-state index contributed by atoms with van der Waals surface area (Å²) in [7, 11) is 0. The highest BCUT2D eigenvalue weighted by Gasteiger charge is 2.39. The lowest BCUT2D eigenvalue weighted by Crippen LogP contribution is -2.53. The Balaban J connectivity index is 1.93. The molecule has 0 spiro atoms. The zero-order valence-electron chi connectivity index (χ0n) is 17.4. The van der Waals surface area contributed by atoms with Crippen LogP contribution in [-0.4, -0.2) is 70.1 Å². The van der Waals surface area contributed by atoms with E-state index in [9.17, 15) is 24.6 Å². The lowest BCUT2D eigenvalue weighted by molar-refractivity contribution is -0.149. The molecule has 0 radical (unpaired) electrons. The maximum atomic E-state index is 12.9. The smallest absolute Gasteiger partial charge is 0.326 e. The Labute approximate surface area is 177 Å². The third-order valence-corrected chi connectivity index (χ3v) is 6.04. The van der Waals surface area contributed by atoms with Crippen LogP contribution in [0.3, 0.4) is 0 Å². The maximum Gasteiger partial charge on any atom is 0.326 e. The van der Waals surface area contributed by atoms with Crippen molar-refractivity contribution in [3.05, 3.63) is 0 Å². The van der Waals surface area contributed by atoms with Crippen LogP contribution in [0.25, 0.3) is 0 Å². The molecule has 3 atom stereocenters. The Morgan fingerprint density at radius 2 is 1.77 bits per heavy atom. The molecule has 0 aromatic rings. The lowest BCUT2D eigenvalue weighted by Gasteiger charge is -2.30. The molecular weight excluding hydrogens is 390 g/mol. The molecule has 2 amide bonds.